The lowest BCUT2D eigenvalue weighted by Crippen LogP contribution is -2.44. The second kappa shape index (κ2) is 10.0. The molecule has 128 valence electrons. The van der Waals surface area contributed by atoms with Crippen molar-refractivity contribution >= 4 is 46.8 Å². The molecule has 0 fully saturated rings. The molecule has 1 rings (SSSR count). The van der Waals surface area contributed by atoms with E-state index >= 15 is 0 Å². The third-order valence-electron chi connectivity index (χ3n) is 3.21. The molecule has 0 spiro atoms. The standard InChI is InChI=1S/C15H20Cl2N2O3S/c1-10(15(21)22)19(6-5-18-11(2)20)7-8-23-14-9-12(16)3-4-13(14)17/h3-4,9-10H,5-8H2,1-2H3,(H,18,20)(H,21,22). The van der Waals surface area contributed by atoms with E-state index in [0.717, 1.165) is 4.90 Å². The maximum Gasteiger partial charge on any atom is 0.320 e. The number of nitrogens with zero attached hydrogens (tertiary/aromatic N) is 1. The Morgan fingerprint density at radius 2 is 2.04 bits per heavy atom. The number of rotatable bonds is 9. The number of carboxylic acid groups (broad SMARTS) is 1. The average Bonchev–Trinajstić information content (AvgIpc) is 2.48. The molecule has 2 N–H and O–H groups in total. The summed E-state index contributed by atoms with van der Waals surface area (Å²) < 4.78 is 0. The quantitative estimate of drug-likeness (QED) is 0.646. The molecule has 8 heteroatoms. The summed E-state index contributed by atoms with van der Waals surface area (Å²) in [4.78, 5) is 24.8. The molecule has 5 nitrogen and oxygen atoms in total. The SMILES string of the molecule is CC(=O)NCCN(CCSc1cc(Cl)ccc1Cl)C(C)C(=O)O. The van der Waals surface area contributed by atoms with Gasteiger partial charge in [-0.15, -0.1) is 11.8 Å². The first kappa shape index (κ1) is 20.1. The van der Waals surface area contributed by atoms with E-state index in [0.29, 0.717) is 35.4 Å². The second-order valence-corrected chi connectivity index (χ2v) is 6.94. The molecular weight excluding hydrogens is 359 g/mol. The van der Waals surface area contributed by atoms with Gasteiger partial charge < -0.3 is 10.4 Å². The lowest BCUT2D eigenvalue weighted by atomic mass is 10.3. The van der Waals surface area contributed by atoms with Crippen LogP contribution in [0.1, 0.15) is 13.8 Å². The summed E-state index contributed by atoms with van der Waals surface area (Å²) in [6.45, 7) is 4.50. The number of carboxylic acids is 1. The minimum absolute atomic E-state index is 0.131. The van der Waals surface area contributed by atoms with Gasteiger partial charge in [0, 0.05) is 42.2 Å². The monoisotopic (exact) mass is 378 g/mol. The molecule has 0 radical (unpaired) electrons. The van der Waals surface area contributed by atoms with Gasteiger partial charge in [0.2, 0.25) is 5.91 Å². The Labute approximate surface area is 150 Å². The molecule has 1 aromatic carbocycles. The van der Waals surface area contributed by atoms with Crippen LogP contribution in [0.4, 0.5) is 0 Å². The maximum absolute atomic E-state index is 11.2. The number of thioether (sulfide) groups is 1. The Kier molecular flexibility index (Phi) is 8.76. The highest BCUT2D eigenvalue weighted by Crippen LogP contribution is 2.29. The van der Waals surface area contributed by atoms with Crippen LogP contribution >= 0.6 is 35.0 Å². The lowest BCUT2D eigenvalue weighted by Gasteiger charge is -2.26. The summed E-state index contributed by atoms with van der Waals surface area (Å²) in [5.74, 6) is -0.357. The van der Waals surface area contributed by atoms with Crippen LogP contribution in [0.25, 0.3) is 0 Å². The van der Waals surface area contributed by atoms with Gasteiger partial charge >= 0.3 is 5.97 Å². The zero-order chi connectivity index (χ0) is 17.4. The number of carbonyl (C=O) groups excluding carboxylic acids is 1. The first-order valence-corrected chi connectivity index (χ1v) is 8.84. The fraction of sp³-hybridized carbons (Fsp3) is 0.467. The topological polar surface area (TPSA) is 69.6 Å². The second-order valence-electron chi connectivity index (χ2n) is 4.96. The molecule has 23 heavy (non-hydrogen) atoms. The van der Waals surface area contributed by atoms with E-state index in [4.69, 9.17) is 23.2 Å². The molecule has 0 bridgehead atoms. The first-order chi connectivity index (χ1) is 10.8. The molecular formula is C15H20Cl2N2O3S. The van der Waals surface area contributed by atoms with E-state index in [1.165, 1.54) is 18.7 Å². The Hall–Kier alpha value is -0.950. The van der Waals surface area contributed by atoms with Crippen molar-refractivity contribution in [3.05, 3.63) is 28.2 Å². The van der Waals surface area contributed by atoms with Crippen molar-refractivity contribution in [3.63, 3.8) is 0 Å². The minimum Gasteiger partial charge on any atom is -0.480 e. The average molecular weight is 379 g/mol. The molecule has 0 heterocycles. The van der Waals surface area contributed by atoms with Crippen LogP contribution in [0.2, 0.25) is 10.0 Å². The number of hydrogen-bond donors (Lipinski definition) is 2. The summed E-state index contributed by atoms with van der Waals surface area (Å²) >= 11 is 13.6. The third-order valence-corrected chi connectivity index (χ3v) is 4.92. The lowest BCUT2D eigenvalue weighted by molar-refractivity contribution is -0.142. The van der Waals surface area contributed by atoms with Crippen LogP contribution in [-0.2, 0) is 9.59 Å². The van der Waals surface area contributed by atoms with Gasteiger partial charge in [-0.05, 0) is 25.1 Å². The summed E-state index contributed by atoms with van der Waals surface area (Å²) in [5, 5.41) is 13.1. The molecule has 1 amide bonds. The molecule has 0 saturated heterocycles. The van der Waals surface area contributed by atoms with Crippen LogP contribution in [0.15, 0.2) is 23.1 Å². The van der Waals surface area contributed by atoms with Gasteiger partial charge in [-0.2, -0.15) is 0 Å². The fourth-order valence-corrected chi connectivity index (χ4v) is 3.37. The van der Waals surface area contributed by atoms with Crippen LogP contribution < -0.4 is 5.32 Å². The number of nitrogens with one attached hydrogen (secondary N) is 1. The molecule has 0 aliphatic rings. The van der Waals surface area contributed by atoms with Crippen LogP contribution in [0, 0.1) is 0 Å². The number of halogens is 2. The predicted molar refractivity (Wildman–Crippen MR) is 94.5 cm³/mol. The predicted octanol–water partition coefficient (Wildman–Crippen LogP) is 3.00. The number of benzene rings is 1. The highest BCUT2D eigenvalue weighted by molar-refractivity contribution is 7.99. The molecule has 1 aromatic rings. The van der Waals surface area contributed by atoms with Crippen molar-refractivity contribution in [2.45, 2.75) is 24.8 Å². The fourth-order valence-electron chi connectivity index (χ4n) is 1.89. The minimum atomic E-state index is -0.890. The van der Waals surface area contributed by atoms with Crippen molar-refractivity contribution in [2.24, 2.45) is 0 Å². The molecule has 0 aliphatic heterocycles. The van der Waals surface area contributed by atoms with Gasteiger partial charge in [0.05, 0.1) is 5.02 Å². The van der Waals surface area contributed by atoms with Crippen LogP contribution in [0.5, 0.6) is 0 Å². The van der Waals surface area contributed by atoms with E-state index in [1.807, 2.05) is 4.90 Å². The summed E-state index contributed by atoms with van der Waals surface area (Å²) in [7, 11) is 0. The summed E-state index contributed by atoms with van der Waals surface area (Å²) in [5.41, 5.74) is 0. The van der Waals surface area contributed by atoms with Crippen LogP contribution in [-0.4, -0.2) is 53.3 Å². The summed E-state index contributed by atoms with van der Waals surface area (Å²) in [6.07, 6.45) is 0. The molecule has 0 saturated carbocycles. The zero-order valence-corrected chi connectivity index (χ0v) is 15.3. The third kappa shape index (κ3) is 7.44. The Bertz CT molecular complexity index is 558. The zero-order valence-electron chi connectivity index (χ0n) is 13.0. The van der Waals surface area contributed by atoms with Crippen LogP contribution in [0.3, 0.4) is 0 Å². The molecule has 1 atom stereocenters. The Morgan fingerprint density at radius 3 is 2.65 bits per heavy atom. The van der Waals surface area contributed by atoms with Crippen molar-refractivity contribution < 1.29 is 14.7 Å². The largest absolute Gasteiger partial charge is 0.480 e. The van der Waals surface area contributed by atoms with Gasteiger partial charge in [-0.3, -0.25) is 14.5 Å². The van der Waals surface area contributed by atoms with Crippen molar-refractivity contribution in [2.75, 3.05) is 25.4 Å². The Balaban J connectivity index is 2.57. The molecule has 1 unspecified atom stereocenters. The van der Waals surface area contributed by atoms with Crippen molar-refractivity contribution in [3.8, 4) is 0 Å². The number of aliphatic carboxylic acids is 1. The number of amides is 1. The van der Waals surface area contributed by atoms with Gasteiger partial charge in [0.1, 0.15) is 6.04 Å². The van der Waals surface area contributed by atoms with Gasteiger partial charge in [-0.25, -0.2) is 0 Å². The maximum atomic E-state index is 11.2. The molecule has 0 aliphatic carbocycles. The normalized spacial score (nSPS) is 12.2. The van der Waals surface area contributed by atoms with E-state index in [1.54, 1.807) is 25.1 Å². The smallest absolute Gasteiger partial charge is 0.320 e. The van der Waals surface area contributed by atoms with Gasteiger partial charge in [-0.1, -0.05) is 23.2 Å². The number of carbonyl (C=O) groups is 2. The van der Waals surface area contributed by atoms with E-state index in [-0.39, 0.29) is 5.91 Å². The Morgan fingerprint density at radius 1 is 1.35 bits per heavy atom. The highest BCUT2D eigenvalue weighted by atomic mass is 35.5. The first-order valence-electron chi connectivity index (χ1n) is 7.10. The van der Waals surface area contributed by atoms with E-state index in [9.17, 15) is 14.7 Å². The highest BCUT2D eigenvalue weighted by Gasteiger charge is 2.20. The van der Waals surface area contributed by atoms with E-state index < -0.39 is 12.0 Å². The number of hydrogen-bond acceptors (Lipinski definition) is 4. The van der Waals surface area contributed by atoms with Gasteiger partial charge in [0.25, 0.3) is 0 Å². The van der Waals surface area contributed by atoms with Crippen molar-refractivity contribution in [1.29, 1.82) is 0 Å². The molecule has 0 aromatic heterocycles. The van der Waals surface area contributed by atoms with Crippen molar-refractivity contribution in [1.82, 2.24) is 10.2 Å². The van der Waals surface area contributed by atoms with E-state index in [2.05, 4.69) is 5.32 Å². The summed E-state index contributed by atoms with van der Waals surface area (Å²) in [6, 6.07) is 4.62. The van der Waals surface area contributed by atoms with Gasteiger partial charge in [0.15, 0.2) is 0 Å².